The smallest absolute Gasteiger partial charge is 0.267 e. The number of nitriles is 1. The zero-order chi connectivity index (χ0) is 19.8. The minimum Gasteiger partial charge on any atom is -0.345 e. The Bertz CT molecular complexity index is 1040. The third kappa shape index (κ3) is 5.00. The van der Waals surface area contributed by atoms with E-state index in [0.29, 0.717) is 11.5 Å². The lowest BCUT2D eigenvalue weighted by molar-refractivity contribution is -0.112. The molecule has 5 nitrogen and oxygen atoms in total. The fourth-order valence-corrected chi connectivity index (χ4v) is 3.31. The summed E-state index contributed by atoms with van der Waals surface area (Å²) in [6, 6.07) is 23.0. The molecule has 3 aromatic rings. The molecule has 0 aliphatic heterocycles. The molecule has 1 amide bonds. The predicted octanol–water partition coefficient (Wildman–Crippen LogP) is 5.00. The molecule has 2 aromatic carbocycles. The predicted molar refractivity (Wildman–Crippen MR) is 112 cm³/mol. The summed E-state index contributed by atoms with van der Waals surface area (Å²) in [7, 11) is 0. The van der Waals surface area contributed by atoms with Crippen molar-refractivity contribution in [2.24, 2.45) is 0 Å². The summed E-state index contributed by atoms with van der Waals surface area (Å²) >= 11 is 1.54. The van der Waals surface area contributed by atoms with Crippen LogP contribution in [-0.4, -0.2) is 10.9 Å². The van der Waals surface area contributed by atoms with Gasteiger partial charge < -0.3 is 10.6 Å². The van der Waals surface area contributed by atoms with E-state index in [1.54, 1.807) is 18.0 Å². The Morgan fingerprint density at radius 2 is 1.82 bits per heavy atom. The van der Waals surface area contributed by atoms with E-state index in [9.17, 15) is 10.1 Å². The fraction of sp³-hybridized carbons (Fsp3) is 0.0455. The maximum absolute atomic E-state index is 12.6. The summed E-state index contributed by atoms with van der Waals surface area (Å²) < 4.78 is 0. The fourth-order valence-electron chi connectivity index (χ4n) is 2.39. The van der Waals surface area contributed by atoms with Crippen LogP contribution in [0.1, 0.15) is 5.56 Å². The van der Waals surface area contributed by atoms with Crippen molar-refractivity contribution >= 4 is 29.2 Å². The molecule has 0 fully saturated rings. The van der Waals surface area contributed by atoms with Gasteiger partial charge in [-0.05, 0) is 42.8 Å². The van der Waals surface area contributed by atoms with Crippen LogP contribution in [0.4, 0.5) is 11.5 Å². The van der Waals surface area contributed by atoms with Crippen molar-refractivity contribution in [3.63, 3.8) is 0 Å². The zero-order valence-corrected chi connectivity index (χ0v) is 16.0. The molecule has 0 aliphatic rings. The van der Waals surface area contributed by atoms with Crippen LogP contribution in [0.5, 0.6) is 0 Å². The Labute approximate surface area is 168 Å². The molecule has 2 N–H and O–H groups in total. The van der Waals surface area contributed by atoms with E-state index in [0.717, 1.165) is 15.4 Å². The third-order valence-electron chi connectivity index (χ3n) is 3.83. The highest BCUT2D eigenvalue weighted by Gasteiger charge is 2.12. The molecule has 0 radical (unpaired) electrons. The highest BCUT2D eigenvalue weighted by atomic mass is 32.2. The Morgan fingerprint density at radius 3 is 2.57 bits per heavy atom. The van der Waals surface area contributed by atoms with Gasteiger partial charge in [-0.25, -0.2) is 4.98 Å². The van der Waals surface area contributed by atoms with Crippen molar-refractivity contribution in [3.8, 4) is 6.07 Å². The minimum absolute atomic E-state index is 0.0374. The number of carbonyl (C=O) groups is 1. The molecule has 1 heterocycles. The van der Waals surface area contributed by atoms with E-state index in [-0.39, 0.29) is 5.57 Å². The number of pyridine rings is 1. The Morgan fingerprint density at radius 1 is 1.07 bits per heavy atom. The topological polar surface area (TPSA) is 77.8 Å². The van der Waals surface area contributed by atoms with Crippen LogP contribution < -0.4 is 10.6 Å². The number of rotatable bonds is 6. The summed E-state index contributed by atoms with van der Waals surface area (Å²) in [5, 5.41) is 15.1. The molecule has 0 aliphatic carbocycles. The second-order valence-corrected chi connectivity index (χ2v) is 6.96. The Kier molecular flexibility index (Phi) is 6.45. The number of nitrogens with zero attached hydrogens (tertiary/aromatic N) is 2. The van der Waals surface area contributed by atoms with Crippen molar-refractivity contribution in [2.45, 2.75) is 16.7 Å². The monoisotopic (exact) mass is 386 g/mol. The van der Waals surface area contributed by atoms with E-state index in [2.05, 4.69) is 15.6 Å². The lowest BCUT2D eigenvalue weighted by Crippen LogP contribution is -2.15. The second-order valence-electron chi connectivity index (χ2n) is 5.85. The summed E-state index contributed by atoms with van der Waals surface area (Å²) in [6.45, 7) is 1.90. The van der Waals surface area contributed by atoms with E-state index in [1.807, 2.05) is 79.7 Å². The van der Waals surface area contributed by atoms with Crippen LogP contribution in [-0.2, 0) is 4.79 Å². The highest BCUT2D eigenvalue weighted by molar-refractivity contribution is 7.99. The van der Waals surface area contributed by atoms with Crippen molar-refractivity contribution in [2.75, 3.05) is 10.6 Å². The quantitative estimate of drug-likeness (QED) is 0.460. The molecule has 0 spiro atoms. The van der Waals surface area contributed by atoms with Crippen LogP contribution in [0.2, 0.25) is 0 Å². The van der Waals surface area contributed by atoms with Crippen LogP contribution in [0.3, 0.4) is 0 Å². The van der Waals surface area contributed by atoms with Crippen molar-refractivity contribution < 1.29 is 4.79 Å². The number of para-hydroxylation sites is 1. The standard InChI is InChI=1S/C22H18N4OS/c1-16-8-7-13-24-21(16)25-15-17(14-23)22(27)26-19-11-5-6-12-20(19)28-18-9-3-2-4-10-18/h2-13,15H,1H3,(H,24,25)(H,26,27)/b17-15-. The lowest BCUT2D eigenvalue weighted by Gasteiger charge is -2.10. The molecule has 0 atom stereocenters. The third-order valence-corrected chi connectivity index (χ3v) is 4.92. The van der Waals surface area contributed by atoms with Gasteiger partial charge in [-0.15, -0.1) is 0 Å². The minimum atomic E-state index is -0.482. The number of aromatic nitrogens is 1. The average molecular weight is 386 g/mol. The summed E-state index contributed by atoms with van der Waals surface area (Å²) in [5.74, 6) is 0.118. The summed E-state index contributed by atoms with van der Waals surface area (Å²) in [5.41, 5.74) is 1.53. The first kappa shape index (κ1) is 19.2. The van der Waals surface area contributed by atoms with Gasteiger partial charge in [-0.1, -0.05) is 48.2 Å². The second kappa shape index (κ2) is 9.40. The first-order valence-corrected chi connectivity index (χ1v) is 9.41. The van der Waals surface area contributed by atoms with Gasteiger partial charge in [0, 0.05) is 22.2 Å². The summed E-state index contributed by atoms with van der Waals surface area (Å²) in [4.78, 5) is 18.7. The largest absolute Gasteiger partial charge is 0.345 e. The first-order valence-electron chi connectivity index (χ1n) is 8.59. The molecule has 0 unspecified atom stereocenters. The average Bonchev–Trinajstić information content (AvgIpc) is 2.72. The summed E-state index contributed by atoms with van der Waals surface area (Å²) in [6.07, 6.45) is 3.02. The van der Waals surface area contributed by atoms with Crippen molar-refractivity contribution in [1.82, 2.24) is 4.98 Å². The molecule has 138 valence electrons. The molecule has 0 saturated carbocycles. The van der Waals surface area contributed by atoms with Gasteiger partial charge in [0.25, 0.3) is 5.91 Å². The van der Waals surface area contributed by atoms with E-state index in [1.165, 1.54) is 6.20 Å². The van der Waals surface area contributed by atoms with Gasteiger partial charge in [-0.3, -0.25) is 4.79 Å². The molecule has 3 rings (SSSR count). The number of benzene rings is 2. The number of hydrogen-bond acceptors (Lipinski definition) is 5. The van der Waals surface area contributed by atoms with Crippen LogP contribution in [0.15, 0.2) is 94.5 Å². The molecule has 6 heteroatoms. The highest BCUT2D eigenvalue weighted by Crippen LogP contribution is 2.33. The zero-order valence-electron chi connectivity index (χ0n) is 15.2. The molecular formula is C22H18N4OS. The molecule has 1 aromatic heterocycles. The molecule has 28 heavy (non-hydrogen) atoms. The van der Waals surface area contributed by atoms with Gasteiger partial charge in [0.2, 0.25) is 0 Å². The first-order chi connectivity index (χ1) is 13.7. The van der Waals surface area contributed by atoms with E-state index < -0.39 is 5.91 Å². The Balaban J connectivity index is 1.75. The number of carbonyl (C=O) groups excluding carboxylic acids is 1. The van der Waals surface area contributed by atoms with E-state index >= 15 is 0 Å². The number of aryl methyl sites for hydroxylation is 1. The van der Waals surface area contributed by atoms with Crippen molar-refractivity contribution in [3.05, 3.63) is 90.3 Å². The van der Waals surface area contributed by atoms with Crippen LogP contribution >= 0.6 is 11.8 Å². The van der Waals surface area contributed by atoms with Crippen LogP contribution in [0, 0.1) is 18.3 Å². The number of anilines is 2. The van der Waals surface area contributed by atoms with Gasteiger partial charge in [0.15, 0.2) is 0 Å². The maximum atomic E-state index is 12.6. The van der Waals surface area contributed by atoms with Crippen molar-refractivity contribution in [1.29, 1.82) is 5.26 Å². The van der Waals surface area contributed by atoms with Gasteiger partial charge in [0.05, 0.1) is 5.69 Å². The molecule has 0 bridgehead atoms. The lowest BCUT2D eigenvalue weighted by atomic mass is 10.2. The molecule has 0 saturated heterocycles. The van der Waals surface area contributed by atoms with Gasteiger partial charge >= 0.3 is 0 Å². The van der Waals surface area contributed by atoms with Gasteiger partial charge in [-0.2, -0.15) is 5.26 Å². The number of hydrogen-bond donors (Lipinski definition) is 2. The Hall–Kier alpha value is -3.56. The van der Waals surface area contributed by atoms with Gasteiger partial charge in [0.1, 0.15) is 17.5 Å². The SMILES string of the molecule is Cc1cccnc1N/C=C(/C#N)C(=O)Nc1ccccc1Sc1ccccc1. The molecular weight excluding hydrogens is 368 g/mol. The van der Waals surface area contributed by atoms with Crippen LogP contribution in [0.25, 0.3) is 0 Å². The van der Waals surface area contributed by atoms with E-state index in [4.69, 9.17) is 0 Å². The number of amides is 1. The maximum Gasteiger partial charge on any atom is 0.267 e. The normalized spacial score (nSPS) is 10.8. The number of nitrogens with one attached hydrogen (secondary N) is 2.